The summed E-state index contributed by atoms with van der Waals surface area (Å²) in [7, 11) is 0. The average molecular weight is 284 g/mol. The van der Waals surface area contributed by atoms with E-state index in [0.717, 1.165) is 19.3 Å². The van der Waals surface area contributed by atoms with Crippen LogP contribution in [0.5, 0.6) is 0 Å². The Morgan fingerprint density at radius 1 is 1.29 bits per heavy atom. The Bertz CT molecular complexity index is 561. The summed E-state index contributed by atoms with van der Waals surface area (Å²) >= 11 is 0. The Morgan fingerprint density at radius 2 is 1.86 bits per heavy atom. The Morgan fingerprint density at radius 3 is 2.24 bits per heavy atom. The van der Waals surface area contributed by atoms with Crippen molar-refractivity contribution >= 4 is 11.5 Å². The zero-order valence-electron chi connectivity index (χ0n) is 12.7. The van der Waals surface area contributed by atoms with Crippen molar-refractivity contribution < 1.29 is 4.79 Å². The Labute approximate surface area is 125 Å². The number of nitriles is 3. The Hall–Kier alpha value is -2.19. The summed E-state index contributed by atoms with van der Waals surface area (Å²) in [4.78, 5) is 12.1. The highest BCUT2D eigenvalue weighted by Crippen LogP contribution is 2.57. The SMILES string of the molecule is CCCCC[C@@H]1C(C#N)(C#N)C(C#N)C(=N)[C@@]1(C)C(C)=O. The first-order chi connectivity index (χ1) is 9.86. The van der Waals surface area contributed by atoms with Gasteiger partial charge in [-0.05, 0) is 20.3 Å². The fourth-order valence-electron chi connectivity index (χ4n) is 3.40. The smallest absolute Gasteiger partial charge is 0.168 e. The maximum Gasteiger partial charge on any atom is 0.168 e. The maximum atomic E-state index is 12.1. The van der Waals surface area contributed by atoms with Gasteiger partial charge in [-0.3, -0.25) is 4.79 Å². The fraction of sp³-hybridized carbons (Fsp3) is 0.688. The third-order valence-corrected chi connectivity index (χ3v) is 4.88. The van der Waals surface area contributed by atoms with E-state index in [1.165, 1.54) is 6.92 Å². The summed E-state index contributed by atoms with van der Waals surface area (Å²) in [5.41, 5.74) is -2.87. The van der Waals surface area contributed by atoms with Crippen molar-refractivity contribution in [1.82, 2.24) is 0 Å². The van der Waals surface area contributed by atoms with Gasteiger partial charge in [0.1, 0.15) is 11.7 Å². The first-order valence-electron chi connectivity index (χ1n) is 7.18. The fourth-order valence-corrected chi connectivity index (χ4v) is 3.40. The molecule has 0 aromatic carbocycles. The molecule has 5 nitrogen and oxygen atoms in total. The molecule has 1 unspecified atom stereocenters. The van der Waals surface area contributed by atoms with Gasteiger partial charge in [0.15, 0.2) is 5.41 Å². The van der Waals surface area contributed by atoms with Gasteiger partial charge in [0, 0.05) is 11.6 Å². The van der Waals surface area contributed by atoms with Gasteiger partial charge < -0.3 is 5.41 Å². The number of hydrogen-bond acceptors (Lipinski definition) is 5. The summed E-state index contributed by atoms with van der Waals surface area (Å²) in [6, 6.07) is 5.85. The van der Waals surface area contributed by atoms with Crippen LogP contribution in [0.15, 0.2) is 0 Å². The second kappa shape index (κ2) is 6.06. The van der Waals surface area contributed by atoms with Crippen LogP contribution in [0.1, 0.15) is 46.5 Å². The first-order valence-corrected chi connectivity index (χ1v) is 7.18. The van der Waals surface area contributed by atoms with E-state index >= 15 is 0 Å². The molecule has 5 heteroatoms. The predicted molar refractivity (Wildman–Crippen MR) is 76.9 cm³/mol. The van der Waals surface area contributed by atoms with Crippen LogP contribution in [-0.2, 0) is 4.79 Å². The molecule has 1 N–H and O–H groups in total. The molecule has 110 valence electrons. The van der Waals surface area contributed by atoms with Crippen molar-refractivity contribution in [3.05, 3.63) is 0 Å². The lowest BCUT2D eigenvalue weighted by atomic mass is 9.66. The molecule has 0 saturated heterocycles. The molecule has 0 aromatic heterocycles. The molecule has 0 bridgehead atoms. The summed E-state index contributed by atoms with van der Waals surface area (Å²) in [6.45, 7) is 5.02. The van der Waals surface area contributed by atoms with Crippen LogP contribution in [0, 0.1) is 62.1 Å². The molecule has 1 aliphatic rings. The highest BCUT2D eigenvalue weighted by Gasteiger charge is 2.66. The number of unbranched alkanes of at least 4 members (excludes halogenated alkanes) is 2. The molecule has 3 atom stereocenters. The molecule has 0 amide bonds. The van der Waals surface area contributed by atoms with Crippen LogP contribution in [0.4, 0.5) is 0 Å². The number of rotatable bonds is 5. The lowest BCUT2D eigenvalue weighted by molar-refractivity contribution is -0.125. The van der Waals surface area contributed by atoms with Crippen molar-refractivity contribution in [2.75, 3.05) is 0 Å². The monoisotopic (exact) mass is 284 g/mol. The minimum Gasteiger partial charge on any atom is -0.307 e. The van der Waals surface area contributed by atoms with Crippen LogP contribution in [0.3, 0.4) is 0 Å². The van der Waals surface area contributed by atoms with Crippen molar-refractivity contribution in [2.45, 2.75) is 46.5 Å². The van der Waals surface area contributed by atoms with E-state index in [-0.39, 0.29) is 11.5 Å². The minimum atomic E-state index is -1.60. The number of carbonyl (C=O) groups excluding carboxylic acids is 1. The van der Waals surface area contributed by atoms with Gasteiger partial charge >= 0.3 is 0 Å². The molecule has 0 aliphatic heterocycles. The van der Waals surface area contributed by atoms with E-state index in [2.05, 4.69) is 0 Å². The summed E-state index contributed by atoms with van der Waals surface area (Å²) in [6.07, 6.45) is 3.20. The summed E-state index contributed by atoms with van der Waals surface area (Å²) in [5.74, 6) is -1.98. The van der Waals surface area contributed by atoms with Gasteiger partial charge in [-0.2, -0.15) is 15.8 Å². The second-order valence-corrected chi connectivity index (χ2v) is 5.88. The normalized spacial score (nSPS) is 30.2. The quantitative estimate of drug-likeness (QED) is 0.782. The molecule has 1 saturated carbocycles. The van der Waals surface area contributed by atoms with Gasteiger partial charge in [-0.25, -0.2) is 0 Å². The lowest BCUT2D eigenvalue weighted by Crippen LogP contribution is -2.39. The Kier molecular flexibility index (Phi) is 4.87. The van der Waals surface area contributed by atoms with Crippen molar-refractivity contribution in [3.63, 3.8) is 0 Å². The summed E-state index contributed by atoms with van der Waals surface area (Å²) < 4.78 is 0. The number of Topliss-reactive ketones (excluding diaryl/α,β-unsaturated/α-hetero) is 1. The number of ketones is 1. The lowest BCUT2D eigenvalue weighted by Gasteiger charge is -2.32. The molecule has 1 fully saturated rings. The van der Waals surface area contributed by atoms with Crippen LogP contribution < -0.4 is 0 Å². The molecule has 21 heavy (non-hydrogen) atoms. The molecule has 0 heterocycles. The van der Waals surface area contributed by atoms with E-state index in [1.807, 2.05) is 25.1 Å². The number of nitrogens with zero attached hydrogens (tertiary/aromatic N) is 3. The zero-order chi connectivity index (χ0) is 16.3. The van der Waals surface area contributed by atoms with E-state index in [9.17, 15) is 20.6 Å². The van der Waals surface area contributed by atoms with Crippen LogP contribution in [0.25, 0.3) is 0 Å². The second-order valence-electron chi connectivity index (χ2n) is 5.88. The number of carbonyl (C=O) groups is 1. The van der Waals surface area contributed by atoms with Crippen LogP contribution in [0.2, 0.25) is 0 Å². The number of hydrogen-bond donors (Lipinski definition) is 1. The molecular weight excluding hydrogens is 264 g/mol. The highest BCUT2D eigenvalue weighted by molar-refractivity contribution is 6.12. The molecule has 0 spiro atoms. The van der Waals surface area contributed by atoms with Gasteiger partial charge in [-0.1, -0.05) is 26.2 Å². The van der Waals surface area contributed by atoms with E-state index in [4.69, 9.17) is 5.41 Å². The topological polar surface area (TPSA) is 112 Å². The van der Waals surface area contributed by atoms with Gasteiger partial charge in [0.05, 0.1) is 23.6 Å². The van der Waals surface area contributed by atoms with Crippen LogP contribution in [-0.4, -0.2) is 11.5 Å². The Balaban J connectivity index is 3.44. The molecule has 1 rings (SSSR count). The van der Waals surface area contributed by atoms with Gasteiger partial charge in [-0.15, -0.1) is 0 Å². The number of nitrogens with one attached hydrogen (secondary N) is 1. The van der Waals surface area contributed by atoms with Gasteiger partial charge in [0.2, 0.25) is 0 Å². The van der Waals surface area contributed by atoms with E-state index in [0.29, 0.717) is 6.42 Å². The predicted octanol–water partition coefficient (Wildman–Crippen LogP) is 2.98. The third kappa shape index (κ3) is 2.22. The van der Waals surface area contributed by atoms with Crippen molar-refractivity contribution in [2.24, 2.45) is 22.7 Å². The minimum absolute atomic E-state index is 0.0814. The van der Waals surface area contributed by atoms with Crippen molar-refractivity contribution in [3.8, 4) is 18.2 Å². The largest absolute Gasteiger partial charge is 0.307 e. The van der Waals surface area contributed by atoms with Crippen LogP contribution >= 0.6 is 0 Å². The zero-order valence-corrected chi connectivity index (χ0v) is 12.7. The third-order valence-electron chi connectivity index (χ3n) is 4.88. The first kappa shape index (κ1) is 16.9. The highest BCUT2D eigenvalue weighted by atomic mass is 16.1. The van der Waals surface area contributed by atoms with Gasteiger partial charge in [0.25, 0.3) is 0 Å². The van der Waals surface area contributed by atoms with Crippen molar-refractivity contribution in [1.29, 1.82) is 21.2 Å². The molecule has 0 aromatic rings. The van der Waals surface area contributed by atoms with E-state index < -0.39 is 22.7 Å². The molecule has 1 aliphatic carbocycles. The van der Waals surface area contributed by atoms with E-state index in [1.54, 1.807) is 6.92 Å². The average Bonchev–Trinajstić information content (AvgIpc) is 2.66. The molecule has 0 radical (unpaired) electrons. The molecular formula is C16H20N4O. The maximum absolute atomic E-state index is 12.1. The standard InChI is InChI=1S/C16H20N4O/c1-4-5-6-7-13-15(3,11(2)21)14(20)12(8-17)16(13,9-18)10-19/h12-13,20H,4-7H2,1-3H3/t12?,13-,15-/m0/s1. The summed E-state index contributed by atoms with van der Waals surface area (Å²) in [5, 5.41) is 36.6.